The monoisotopic (exact) mass is 333 g/mol. The Morgan fingerprint density at radius 1 is 1.56 bits per heavy atom. The smallest absolute Gasteiger partial charge is 0.404 e. The largest absolute Gasteiger partial charge is 0.443 e. The number of aliphatic hydroxyl groups is 1. The summed E-state index contributed by atoms with van der Waals surface area (Å²) in [7, 11) is 0. The van der Waals surface area contributed by atoms with Gasteiger partial charge < -0.3 is 15.6 Å². The minimum absolute atomic E-state index is 0.527. The van der Waals surface area contributed by atoms with Crippen LogP contribution < -0.4 is 5.73 Å². The minimum atomic E-state index is -0.835. The zero-order valence-electron chi connectivity index (χ0n) is 8.52. The molecule has 16 heavy (non-hydrogen) atoms. The third kappa shape index (κ3) is 2.15. The summed E-state index contributed by atoms with van der Waals surface area (Å²) < 4.78 is 5.89. The number of hydrogen-bond acceptors (Lipinski definition) is 3. The second-order valence-corrected chi connectivity index (χ2v) is 4.93. The number of carbonyl (C=O) groups excluding carboxylic acids is 1. The molecule has 0 aromatic heterocycles. The molecule has 1 aliphatic carbocycles. The molecule has 1 aliphatic rings. The molecule has 5 heteroatoms. The van der Waals surface area contributed by atoms with Crippen molar-refractivity contribution in [2.75, 3.05) is 0 Å². The third-order valence-electron chi connectivity index (χ3n) is 2.76. The van der Waals surface area contributed by atoms with E-state index in [0.717, 1.165) is 21.1 Å². The average Bonchev–Trinajstić information content (AvgIpc) is 2.22. The van der Waals surface area contributed by atoms with Crippen molar-refractivity contribution in [2.45, 2.75) is 25.0 Å². The van der Waals surface area contributed by atoms with Gasteiger partial charge in [-0.15, -0.1) is 0 Å². The molecule has 1 amide bonds. The molecule has 0 fully saturated rings. The first-order valence-corrected chi connectivity index (χ1v) is 6.09. The summed E-state index contributed by atoms with van der Waals surface area (Å²) in [5.41, 5.74) is 6.95. The van der Waals surface area contributed by atoms with Crippen molar-refractivity contribution in [1.82, 2.24) is 0 Å². The number of halogens is 1. The topological polar surface area (TPSA) is 72.6 Å². The summed E-state index contributed by atoms with van der Waals surface area (Å²) in [6.07, 6.45) is -0.734. The maximum Gasteiger partial charge on any atom is 0.404 e. The fraction of sp³-hybridized carbons (Fsp3) is 0.364. The molecule has 0 spiro atoms. The van der Waals surface area contributed by atoms with Crippen LogP contribution in [0.1, 0.15) is 23.7 Å². The lowest BCUT2D eigenvalue weighted by Crippen LogP contribution is -2.32. The molecule has 0 aliphatic heterocycles. The van der Waals surface area contributed by atoms with E-state index in [2.05, 4.69) is 22.6 Å². The molecule has 0 radical (unpaired) electrons. The van der Waals surface area contributed by atoms with Gasteiger partial charge >= 0.3 is 6.09 Å². The SMILES string of the molecule is NC(=O)O[C@H]1CCc2cccc(I)c2[C@H]1O. The Labute approximate surface area is 107 Å². The van der Waals surface area contributed by atoms with Gasteiger partial charge in [-0.2, -0.15) is 0 Å². The molecule has 0 unspecified atom stereocenters. The highest BCUT2D eigenvalue weighted by molar-refractivity contribution is 14.1. The normalized spacial score (nSPS) is 23.6. The van der Waals surface area contributed by atoms with Crippen LogP contribution in [-0.2, 0) is 11.2 Å². The van der Waals surface area contributed by atoms with Gasteiger partial charge in [0, 0.05) is 9.13 Å². The summed E-state index contributed by atoms with van der Waals surface area (Å²) in [4.78, 5) is 10.7. The van der Waals surface area contributed by atoms with Gasteiger partial charge in [0.25, 0.3) is 0 Å². The first-order valence-electron chi connectivity index (χ1n) is 5.01. The molecule has 86 valence electrons. The van der Waals surface area contributed by atoms with Gasteiger partial charge in [0.05, 0.1) is 0 Å². The summed E-state index contributed by atoms with van der Waals surface area (Å²) in [5.74, 6) is 0. The number of fused-ring (bicyclic) bond motifs is 1. The van der Waals surface area contributed by atoms with E-state index in [1.807, 2.05) is 18.2 Å². The molecule has 1 aromatic carbocycles. The highest BCUT2D eigenvalue weighted by atomic mass is 127. The van der Waals surface area contributed by atoms with Crippen LogP contribution in [0, 0.1) is 3.57 Å². The van der Waals surface area contributed by atoms with Crippen LogP contribution in [0.2, 0.25) is 0 Å². The Balaban J connectivity index is 2.30. The molecule has 4 nitrogen and oxygen atoms in total. The molecule has 3 N–H and O–H groups in total. The van der Waals surface area contributed by atoms with E-state index < -0.39 is 18.3 Å². The van der Waals surface area contributed by atoms with Crippen LogP contribution in [0.15, 0.2) is 18.2 Å². The number of hydrogen-bond donors (Lipinski definition) is 2. The maximum absolute atomic E-state index is 10.7. The quantitative estimate of drug-likeness (QED) is 0.769. The van der Waals surface area contributed by atoms with Crippen LogP contribution in [0.5, 0.6) is 0 Å². The van der Waals surface area contributed by atoms with Crippen molar-refractivity contribution < 1.29 is 14.6 Å². The molecular formula is C11H12INO3. The molecule has 2 atom stereocenters. The number of aryl methyl sites for hydroxylation is 1. The number of carbonyl (C=O) groups is 1. The number of amides is 1. The van der Waals surface area contributed by atoms with Crippen molar-refractivity contribution in [1.29, 1.82) is 0 Å². The summed E-state index contributed by atoms with van der Waals surface area (Å²) in [6, 6.07) is 5.87. The molecule has 0 bridgehead atoms. The number of ether oxygens (including phenoxy) is 1. The fourth-order valence-corrected chi connectivity index (χ4v) is 2.92. The van der Waals surface area contributed by atoms with Crippen LogP contribution in [-0.4, -0.2) is 17.3 Å². The van der Waals surface area contributed by atoms with Crippen LogP contribution in [0.3, 0.4) is 0 Å². The minimum Gasteiger partial charge on any atom is -0.443 e. The van der Waals surface area contributed by atoms with E-state index in [1.165, 1.54) is 0 Å². The van der Waals surface area contributed by atoms with Crippen LogP contribution in [0.25, 0.3) is 0 Å². The summed E-state index contributed by atoms with van der Waals surface area (Å²) in [5, 5.41) is 10.1. The van der Waals surface area contributed by atoms with E-state index in [0.29, 0.717) is 6.42 Å². The zero-order chi connectivity index (χ0) is 11.7. The molecule has 0 heterocycles. The average molecular weight is 333 g/mol. The first-order chi connectivity index (χ1) is 7.59. The highest BCUT2D eigenvalue weighted by Crippen LogP contribution is 2.34. The second-order valence-electron chi connectivity index (χ2n) is 3.77. The van der Waals surface area contributed by atoms with Gasteiger partial charge in [-0.3, -0.25) is 0 Å². The summed E-state index contributed by atoms with van der Waals surface area (Å²) in [6.45, 7) is 0. The van der Waals surface area contributed by atoms with E-state index in [-0.39, 0.29) is 0 Å². The second kappa shape index (κ2) is 4.58. The number of aliphatic hydroxyl groups excluding tert-OH is 1. The lowest BCUT2D eigenvalue weighted by atomic mass is 9.87. The van der Waals surface area contributed by atoms with Gasteiger partial charge in [-0.1, -0.05) is 12.1 Å². The standard InChI is InChI=1S/C11H12INO3/c12-7-3-1-2-6-4-5-8(16-11(13)15)10(14)9(6)7/h1-3,8,10,14H,4-5H2,(H2,13,15)/t8-,10-/m0/s1. The van der Waals surface area contributed by atoms with Gasteiger partial charge in [-0.05, 0) is 47.1 Å². The molecular weight excluding hydrogens is 321 g/mol. The van der Waals surface area contributed by atoms with Gasteiger partial charge in [0.2, 0.25) is 0 Å². The summed E-state index contributed by atoms with van der Waals surface area (Å²) >= 11 is 2.17. The van der Waals surface area contributed by atoms with E-state index in [1.54, 1.807) is 0 Å². The van der Waals surface area contributed by atoms with Crippen LogP contribution >= 0.6 is 22.6 Å². The Hall–Kier alpha value is -0.820. The van der Waals surface area contributed by atoms with Crippen LogP contribution in [0.4, 0.5) is 4.79 Å². The zero-order valence-corrected chi connectivity index (χ0v) is 10.7. The first kappa shape index (κ1) is 11.7. The van der Waals surface area contributed by atoms with Gasteiger partial charge in [-0.25, -0.2) is 4.79 Å². The molecule has 2 rings (SSSR count). The number of rotatable bonds is 1. The molecule has 0 saturated heterocycles. The Morgan fingerprint density at radius 3 is 3.00 bits per heavy atom. The lowest BCUT2D eigenvalue weighted by Gasteiger charge is -2.29. The van der Waals surface area contributed by atoms with Crippen molar-refractivity contribution in [3.8, 4) is 0 Å². The Bertz CT molecular complexity index is 422. The van der Waals surface area contributed by atoms with E-state index >= 15 is 0 Å². The molecule has 1 aromatic rings. The number of nitrogens with two attached hydrogens (primary N) is 1. The Kier molecular flexibility index (Phi) is 3.34. The van der Waals surface area contributed by atoms with Gasteiger partial charge in [0.1, 0.15) is 12.2 Å². The molecule has 0 saturated carbocycles. The van der Waals surface area contributed by atoms with Gasteiger partial charge in [0.15, 0.2) is 0 Å². The van der Waals surface area contributed by atoms with Crippen molar-refractivity contribution in [3.63, 3.8) is 0 Å². The predicted octanol–water partition coefficient (Wildman–Crippen LogP) is 1.73. The number of primary amides is 1. The van der Waals surface area contributed by atoms with Crippen molar-refractivity contribution >= 4 is 28.7 Å². The Morgan fingerprint density at radius 2 is 2.31 bits per heavy atom. The van der Waals surface area contributed by atoms with Crippen molar-refractivity contribution in [3.05, 3.63) is 32.9 Å². The predicted molar refractivity (Wildman–Crippen MR) is 66.9 cm³/mol. The lowest BCUT2D eigenvalue weighted by molar-refractivity contribution is -0.00565. The highest BCUT2D eigenvalue weighted by Gasteiger charge is 2.31. The fourth-order valence-electron chi connectivity index (χ4n) is 2.05. The van der Waals surface area contributed by atoms with E-state index in [9.17, 15) is 9.90 Å². The third-order valence-corrected chi connectivity index (χ3v) is 3.70. The van der Waals surface area contributed by atoms with E-state index in [4.69, 9.17) is 10.5 Å². The van der Waals surface area contributed by atoms with Crippen molar-refractivity contribution in [2.24, 2.45) is 5.73 Å². The number of benzene rings is 1. The maximum atomic E-state index is 10.7.